The van der Waals surface area contributed by atoms with E-state index in [1.807, 2.05) is 36.5 Å². The molecule has 0 amide bonds. The van der Waals surface area contributed by atoms with E-state index in [0.29, 0.717) is 19.3 Å². The molecule has 0 saturated heterocycles. The summed E-state index contributed by atoms with van der Waals surface area (Å²) < 4.78 is 5.30. The van der Waals surface area contributed by atoms with Crippen LogP contribution in [0, 0.1) is 0 Å². The van der Waals surface area contributed by atoms with Gasteiger partial charge in [-0.1, -0.05) is 68.7 Å². The van der Waals surface area contributed by atoms with Crippen LogP contribution in [0.4, 0.5) is 0 Å². The van der Waals surface area contributed by atoms with Crippen molar-refractivity contribution in [3.05, 3.63) is 48.6 Å². The van der Waals surface area contributed by atoms with Gasteiger partial charge < -0.3 is 9.84 Å². The fourth-order valence-electron chi connectivity index (χ4n) is 2.31. The van der Waals surface area contributed by atoms with E-state index in [1.54, 1.807) is 6.08 Å². The van der Waals surface area contributed by atoms with E-state index in [1.165, 1.54) is 25.7 Å². The van der Waals surface area contributed by atoms with E-state index in [9.17, 15) is 9.90 Å². The Bertz CT molecular complexity index is 432. The average molecular weight is 318 g/mol. The van der Waals surface area contributed by atoms with Gasteiger partial charge in [-0.15, -0.1) is 0 Å². The fourth-order valence-corrected chi connectivity index (χ4v) is 2.31. The Morgan fingerprint density at radius 2 is 2.00 bits per heavy atom. The van der Waals surface area contributed by atoms with Crippen LogP contribution in [-0.2, 0) is 9.53 Å². The summed E-state index contributed by atoms with van der Waals surface area (Å²) in [6.45, 7) is 2.22. The van der Waals surface area contributed by atoms with Gasteiger partial charge in [-0.3, -0.25) is 4.79 Å². The second-order valence-corrected chi connectivity index (χ2v) is 5.81. The Morgan fingerprint density at radius 1 is 1.17 bits per heavy atom. The number of aliphatic hydroxyl groups is 1. The maximum Gasteiger partial charge on any atom is 0.306 e. The standard InChI is InChI=1S/C20H30O3/c1-2-3-4-5-6-7-8-9-10-13-16-19-18(21)15-12-11-14-17-20(22)23-19/h7-13,16,18-19,21H,2-6,14-15,17H2,1H3/b8-7-,10-9-,12-11-,16-13+/t18-,19-/m0/s1. The van der Waals surface area contributed by atoms with Crippen LogP contribution in [0.15, 0.2) is 48.6 Å². The van der Waals surface area contributed by atoms with Crippen LogP contribution in [0.25, 0.3) is 0 Å². The molecule has 0 unspecified atom stereocenters. The van der Waals surface area contributed by atoms with Crippen molar-refractivity contribution in [3.63, 3.8) is 0 Å². The zero-order chi connectivity index (χ0) is 16.8. The number of aliphatic hydroxyl groups excluding tert-OH is 1. The highest BCUT2D eigenvalue weighted by Gasteiger charge is 2.20. The molecule has 0 spiro atoms. The summed E-state index contributed by atoms with van der Waals surface area (Å²) in [6, 6.07) is 0. The third kappa shape index (κ3) is 9.90. The Hall–Kier alpha value is -1.61. The molecule has 23 heavy (non-hydrogen) atoms. The lowest BCUT2D eigenvalue weighted by atomic mass is 10.1. The molecule has 0 radical (unpaired) electrons. The van der Waals surface area contributed by atoms with E-state index in [-0.39, 0.29) is 5.97 Å². The first-order chi connectivity index (χ1) is 11.2. The van der Waals surface area contributed by atoms with Gasteiger partial charge in [0, 0.05) is 6.42 Å². The second kappa shape index (κ2) is 12.9. The zero-order valence-corrected chi connectivity index (χ0v) is 14.2. The highest BCUT2D eigenvalue weighted by molar-refractivity contribution is 5.70. The topological polar surface area (TPSA) is 46.5 Å². The molecule has 0 aliphatic carbocycles. The van der Waals surface area contributed by atoms with Gasteiger partial charge in [-0.2, -0.15) is 0 Å². The SMILES string of the molecule is CCCCCC\C=C/C=C\C=C\[C@@H]1OC(=O)CC/C=C\C[C@@H]1O. The minimum absolute atomic E-state index is 0.263. The summed E-state index contributed by atoms with van der Waals surface area (Å²) >= 11 is 0. The fraction of sp³-hybridized carbons (Fsp3) is 0.550. The van der Waals surface area contributed by atoms with Crippen LogP contribution in [0.2, 0.25) is 0 Å². The molecule has 128 valence electrons. The number of carbonyl (C=O) groups is 1. The van der Waals surface area contributed by atoms with E-state index in [2.05, 4.69) is 13.0 Å². The zero-order valence-electron chi connectivity index (χ0n) is 14.2. The Morgan fingerprint density at radius 3 is 2.83 bits per heavy atom. The summed E-state index contributed by atoms with van der Waals surface area (Å²) in [5, 5.41) is 10.0. The second-order valence-electron chi connectivity index (χ2n) is 5.81. The Labute approximate surface area is 140 Å². The quantitative estimate of drug-likeness (QED) is 0.307. The van der Waals surface area contributed by atoms with Crippen LogP contribution >= 0.6 is 0 Å². The summed E-state index contributed by atoms with van der Waals surface area (Å²) in [5.41, 5.74) is 0. The highest BCUT2D eigenvalue weighted by atomic mass is 16.6. The summed E-state index contributed by atoms with van der Waals surface area (Å²) in [4.78, 5) is 11.6. The van der Waals surface area contributed by atoms with Crippen LogP contribution in [0.1, 0.15) is 58.3 Å². The molecule has 2 atom stereocenters. The normalized spacial score (nSPS) is 24.7. The van der Waals surface area contributed by atoms with Gasteiger partial charge in [0.2, 0.25) is 0 Å². The van der Waals surface area contributed by atoms with E-state index < -0.39 is 12.2 Å². The maximum absolute atomic E-state index is 11.6. The van der Waals surface area contributed by atoms with Crippen LogP contribution in [-0.4, -0.2) is 23.3 Å². The third-order valence-corrected chi connectivity index (χ3v) is 3.70. The number of unbranched alkanes of at least 4 members (excludes halogenated alkanes) is 4. The lowest BCUT2D eigenvalue weighted by Crippen LogP contribution is -2.28. The predicted molar refractivity (Wildman–Crippen MR) is 95.1 cm³/mol. The predicted octanol–water partition coefficient (Wildman–Crippen LogP) is 4.64. The number of hydrogen-bond donors (Lipinski definition) is 1. The number of hydrogen-bond acceptors (Lipinski definition) is 3. The van der Waals surface area contributed by atoms with Gasteiger partial charge in [0.1, 0.15) is 6.10 Å². The van der Waals surface area contributed by atoms with E-state index >= 15 is 0 Å². The summed E-state index contributed by atoms with van der Waals surface area (Å²) in [6.07, 6.45) is 21.9. The van der Waals surface area contributed by atoms with Crippen molar-refractivity contribution in [1.82, 2.24) is 0 Å². The molecule has 1 aliphatic heterocycles. The van der Waals surface area contributed by atoms with E-state index in [4.69, 9.17) is 4.74 Å². The largest absolute Gasteiger partial charge is 0.455 e. The van der Waals surface area contributed by atoms with Gasteiger partial charge >= 0.3 is 5.97 Å². The van der Waals surface area contributed by atoms with Gasteiger partial charge in [-0.25, -0.2) is 0 Å². The smallest absolute Gasteiger partial charge is 0.306 e. The van der Waals surface area contributed by atoms with Gasteiger partial charge in [-0.05, 0) is 31.8 Å². The Balaban J connectivity index is 2.35. The molecule has 0 aromatic heterocycles. The van der Waals surface area contributed by atoms with Crippen molar-refractivity contribution in [2.24, 2.45) is 0 Å². The molecular weight excluding hydrogens is 288 g/mol. The minimum Gasteiger partial charge on any atom is -0.455 e. The molecule has 0 fully saturated rings. The summed E-state index contributed by atoms with van der Waals surface area (Å²) in [5.74, 6) is -0.263. The van der Waals surface area contributed by atoms with Gasteiger partial charge in [0.15, 0.2) is 0 Å². The van der Waals surface area contributed by atoms with Crippen molar-refractivity contribution in [3.8, 4) is 0 Å². The van der Waals surface area contributed by atoms with Gasteiger partial charge in [0.25, 0.3) is 0 Å². The molecule has 1 rings (SSSR count). The van der Waals surface area contributed by atoms with Crippen molar-refractivity contribution in [2.75, 3.05) is 0 Å². The molecule has 1 N–H and O–H groups in total. The average Bonchev–Trinajstić information content (AvgIpc) is 2.61. The Kier molecular flexibility index (Phi) is 10.9. The van der Waals surface area contributed by atoms with Crippen LogP contribution in [0.3, 0.4) is 0 Å². The molecule has 3 nitrogen and oxygen atoms in total. The highest BCUT2D eigenvalue weighted by Crippen LogP contribution is 2.12. The molecular formula is C20H30O3. The van der Waals surface area contributed by atoms with Gasteiger partial charge in [0.05, 0.1) is 6.10 Å². The van der Waals surface area contributed by atoms with Crippen molar-refractivity contribution in [2.45, 2.75) is 70.5 Å². The number of ether oxygens (including phenoxy) is 1. The van der Waals surface area contributed by atoms with E-state index in [0.717, 1.165) is 6.42 Å². The first-order valence-electron chi connectivity index (χ1n) is 8.76. The third-order valence-electron chi connectivity index (χ3n) is 3.70. The molecule has 0 bridgehead atoms. The van der Waals surface area contributed by atoms with Crippen molar-refractivity contribution >= 4 is 5.97 Å². The first kappa shape index (κ1) is 19.4. The number of cyclic esters (lactones) is 1. The van der Waals surface area contributed by atoms with Crippen LogP contribution in [0.5, 0.6) is 0 Å². The molecule has 1 aliphatic rings. The molecule has 0 aromatic rings. The van der Waals surface area contributed by atoms with Crippen molar-refractivity contribution in [1.29, 1.82) is 0 Å². The molecule has 0 aromatic carbocycles. The number of rotatable bonds is 8. The first-order valence-corrected chi connectivity index (χ1v) is 8.76. The van der Waals surface area contributed by atoms with Crippen LogP contribution < -0.4 is 0 Å². The lowest BCUT2D eigenvalue weighted by Gasteiger charge is -2.18. The molecule has 3 heteroatoms. The lowest BCUT2D eigenvalue weighted by molar-refractivity contribution is -0.151. The number of carbonyl (C=O) groups excluding carboxylic acids is 1. The maximum atomic E-state index is 11.6. The number of allylic oxidation sites excluding steroid dienone is 6. The van der Waals surface area contributed by atoms with Crippen molar-refractivity contribution < 1.29 is 14.6 Å². The summed E-state index contributed by atoms with van der Waals surface area (Å²) in [7, 11) is 0. The molecule has 0 saturated carbocycles. The minimum atomic E-state index is -0.688. The monoisotopic (exact) mass is 318 g/mol. The molecule has 1 heterocycles. The number of esters is 1.